The van der Waals surface area contributed by atoms with Crippen molar-refractivity contribution in [2.24, 2.45) is 0 Å². The quantitative estimate of drug-likeness (QED) is 0.465. The standard InChI is InChI=1S/C19H17FN2O5S/c1-12(19(24)16-10-21-17-8-3-2-7-15(16)17)27-18(23)11-22-28(25,26)14-6-4-5-13(20)9-14/h2-10,12,21-22H,11H2,1H3/t12-/m0/s1. The predicted molar refractivity (Wildman–Crippen MR) is 99.8 cm³/mol. The van der Waals surface area contributed by atoms with Crippen molar-refractivity contribution in [2.75, 3.05) is 6.54 Å². The molecule has 0 aliphatic carbocycles. The van der Waals surface area contributed by atoms with Crippen LogP contribution in [0.5, 0.6) is 0 Å². The van der Waals surface area contributed by atoms with Crippen molar-refractivity contribution in [2.45, 2.75) is 17.9 Å². The van der Waals surface area contributed by atoms with Gasteiger partial charge in [0.2, 0.25) is 15.8 Å². The summed E-state index contributed by atoms with van der Waals surface area (Å²) in [5.74, 6) is -2.07. The zero-order valence-electron chi connectivity index (χ0n) is 14.8. The second-order valence-corrected chi connectivity index (χ2v) is 7.79. The van der Waals surface area contributed by atoms with Gasteiger partial charge < -0.3 is 9.72 Å². The number of aromatic amines is 1. The lowest BCUT2D eigenvalue weighted by molar-refractivity contribution is -0.144. The number of nitrogens with one attached hydrogen (secondary N) is 2. The molecule has 0 bridgehead atoms. The molecule has 3 aromatic rings. The van der Waals surface area contributed by atoms with Crippen LogP contribution in [0.25, 0.3) is 10.9 Å². The molecular weight excluding hydrogens is 387 g/mol. The number of halogens is 1. The van der Waals surface area contributed by atoms with Crippen LogP contribution in [0.15, 0.2) is 59.6 Å². The Morgan fingerprint density at radius 3 is 2.68 bits per heavy atom. The lowest BCUT2D eigenvalue weighted by Gasteiger charge is -2.12. The van der Waals surface area contributed by atoms with E-state index in [1.54, 1.807) is 12.1 Å². The van der Waals surface area contributed by atoms with E-state index in [1.807, 2.05) is 16.9 Å². The molecule has 28 heavy (non-hydrogen) atoms. The molecule has 9 heteroatoms. The largest absolute Gasteiger partial charge is 0.453 e. The summed E-state index contributed by atoms with van der Waals surface area (Å²) in [6.07, 6.45) is 0.426. The first kappa shape index (κ1) is 19.7. The highest BCUT2D eigenvalue weighted by atomic mass is 32.2. The van der Waals surface area contributed by atoms with Crippen LogP contribution in [-0.4, -0.2) is 37.8 Å². The number of ketones is 1. The van der Waals surface area contributed by atoms with Gasteiger partial charge in [0.25, 0.3) is 0 Å². The second-order valence-electron chi connectivity index (χ2n) is 6.03. The lowest BCUT2D eigenvalue weighted by atomic mass is 10.1. The molecule has 7 nitrogen and oxygen atoms in total. The summed E-state index contributed by atoms with van der Waals surface area (Å²) in [7, 11) is -4.09. The Hall–Kier alpha value is -3.04. The number of esters is 1. The fourth-order valence-electron chi connectivity index (χ4n) is 2.66. The monoisotopic (exact) mass is 404 g/mol. The van der Waals surface area contributed by atoms with Crippen LogP contribution in [0.2, 0.25) is 0 Å². The van der Waals surface area contributed by atoms with Gasteiger partial charge in [0.15, 0.2) is 6.10 Å². The van der Waals surface area contributed by atoms with Crippen molar-refractivity contribution < 1.29 is 27.1 Å². The number of Topliss-reactive ketones (excluding diaryl/α,β-unsaturated/α-hetero) is 1. The van der Waals surface area contributed by atoms with Crippen molar-refractivity contribution in [1.29, 1.82) is 0 Å². The van der Waals surface area contributed by atoms with Crippen LogP contribution in [-0.2, 0) is 19.6 Å². The third-order valence-electron chi connectivity index (χ3n) is 4.05. The zero-order valence-corrected chi connectivity index (χ0v) is 15.6. The summed E-state index contributed by atoms with van der Waals surface area (Å²) < 4.78 is 44.4. The zero-order chi connectivity index (χ0) is 20.3. The van der Waals surface area contributed by atoms with Gasteiger partial charge in [-0.3, -0.25) is 9.59 Å². The van der Waals surface area contributed by atoms with E-state index in [9.17, 15) is 22.4 Å². The number of para-hydroxylation sites is 1. The summed E-state index contributed by atoms with van der Waals surface area (Å²) >= 11 is 0. The van der Waals surface area contributed by atoms with Gasteiger partial charge in [-0.05, 0) is 31.2 Å². The van der Waals surface area contributed by atoms with E-state index in [-0.39, 0.29) is 4.90 Å². The molecule has 3 rings (SSSR count). The van der Waals surface area contributed by atoms with E-state index in [0.717, 1.165) is 17.6 Å². The molecule has 1 aromatic heterocycles. The fraction of sp³-hybridized carbons (Fsp3) is 0.158. The highest BCUT2D eigenvalue weighted by molar-refractivity contribution is 7.89. The Morgan fingerprint density at radius 1 is 1.18 bits per heavy atom. The molecule has 2 aromatic carbocycles. The Kier molecular flexibility index (Phi) is 5.57. The van der Waals surface area contributed by atoms with Gasteiger partial charge in [-0.15, -0.1) is 0 Å². The summed E-state index contributed by atoms with van der Waals surface area (Å²) in [5, 5.41) is 0.696. The number of hydrogen-bond donors (Lipinski definition) is 2. The number of sulfonamides is 1. The molecule has 1 heterocycles. The van der Waals surface area contributed by atoms with Gasteiger partial charge >= 0.3 is 5.97 Å². The van der Waals surface area contributed by atoms with Crippen LogP contribution >= 0.6 is 0 Å². The van der Waals surface area contributed by atoms with E-state index in [2.05, 4.69) is 4.98 Å². The number of rotatable bonds is 7. The molecule has 146 valence electrons. The number of ether oxygens (including phenoxy) is 1. The van der Waals surface area contributed by atoms with Crippen LogP contribution in [0.1, 0.15) is 17.3 Å². The van der Waals surface area contributed by atoms with Gasteiger partial charge in [0.1, 0.15) is 12.4 Å². The third-order valence-corrected chi connectivity index (χ3v) is 5.44. The summed E-state index contributed by atoms with van der Waals surface area (Å²) in [5.41, 5.74) is 1.14. The van der Waals surface area contributed by atoms with Gasteiger partial charge in [-0.1, -0.05) is 24.3 Å². The molecule has 0 amide bonds. The molecule has 0 fully saturated rings. The van der Waals surface area contributed by atoms with Crippen LogP contribution in [0.3, 0.4) is 0 Å². The Bertz CT molecular complexity index is 1140. The summed E-state index contributed by atoms with van der Waals surface area (Å²) in [6, 6.07) is 11.5. The maximum Gasteiger partial charge on any atom is 0.321 e. The first-order valence-corrected chi connectivity index (χ1v) is 9.81. The number of hydrogen-bond acceptors (Lipinski definition) is 5. The number of carbonyl (C=O) groups is 2. The van der Waals surface area contributed by atoms with Crippen LogP contribution in [0.4, 0.5) is 4.39 Å². The fourth-order valence-corrected chi connectivity index (χ4v) is 3.66. The maximum absolute atomic E-state index is 13.2. The Balaban J connectivity index is 1.62. The molecule has 0 unspecified atom stereocenters. The third kappa shape index (κ3) is 4.26. The molecule has 2 N–H and O–H groups in total. The Labute approximate surface area is 160 Å². The minimum Gasteiger partial charge on any atom is -0.453 e. The van der Waals surface area contributed by atoms with E-state index >= 15 is 0 Å². The molecule has 0 spiro atoms. The van der Waals surface area contributed by atoms with Crippen molar-refractivity contribution in [3.8, 4) is 0 Å². The summed E-state index contributed by atoms with van der Waals surface area (Å²) in [4.78, 5) is 27.1. The van der Waals surface area contributed by atoms with Gasteiger partial charge in [0, 0.05) is 22.7 Å². The van der Waals surface area contributed by atoms with Crippen molar-refractivity contribution in [1.82, 2.24) is 9.71 Å². The van der Waals surface area contributed by atoms with Crippen molar-refractivity contribution in [3.05, 3.63) is 66.1 Å². The molecule has 1 atom stereocenters. The predicted octanol–water partition coefficient (Wildman–Crippen LogP) is 2.40. The highest BCUT2D eigenvalue weighted by Crippen LogP contribution is 2.20. The number of aromatic nitrogens is 1. The first-order valence-electron chi connectivity index (χ1n) is 8.33. The molecular formula is C19H17FN2O5S. The van der Waals surface area contributed by atoms with E-state index in [0.29, 0.717) is 10.9 Å². The number of fused-ring (bicyclic) bond motifs is 1. The average molecular weight is 404 g/mol. The van der Waals surface area contributed by atoms with Crippen LogP contribution in [0, 0.1) is 5.82 Å². The highest BCUT2D eigenvalue weighted by Gasteiger charge is 2.23. The van der Waals surface area contributed by atoms with E-state index in [4.69, 9.17) is 4.74 Å². The SMILES string of the molecule is C[C@H](OC(=O)CNS(=O)(=O)c1cccc(F)c1)C(=O)c1c[nH]c2ccccc12. The van der Waals surface area contributed by atoms with Crippen molar-refractivity contribution in [3.63, 3.8) is 0 Å². The molecule has 0 saturated carbocycles. The van der Waals surface area contributed by atoms with Crippen molar-refractivity contribution >= 4 is 32.7 Å². The van der Waals surface area contributed by atoms with Gasteiger partial charge in [-0.25, -0.2) is 12.8 Å². The van der Waals surface area contributed by atoms with Gasteiger partial charge in [-0.2, -0.15) is 4.72 Å². The number of carbonyl (C=O) groups excluding carboxylic acids is 2. The summed E-state index contributed by atoms with van der Waals surface area (Å²) in [6.45, 7) is 0.716. The Morgan fingerprint density at radius 2 is 1.93 bits per heavy atom. The normalized spacial score (nSPS) is 12.6. The average Bonchev–Trinajstić information content (AvgIpc) is 3.10. The minimum absolute atomic E-state index is 0.316. The first-order chi connectivity index (χ1) is 13.3. The second kappa shape index (κ2) is 7.91. The molecule has 0 radical (unpaired) electrons. The lowest BCUT2D eigenvalue weighted by Crippen LogP contribution is -2.34. The smallest absolute Gasteiger partial charge is 0.321 e. The van der Waals surface area contributed by atoms with Gasteiger partial charge in [0.05, 0.1) is 4.90 Å². The van der Waals surface area contributed by atoms with E-state index < -0.39 is 40.2 Å². The van der Waals surface area contributed by atoms with E-state index in [1.165, 1.54) is 25.3 Å². The van der Waals surface area contributed by atoms with Crippen LogP contribution < -0.4 is 4.72 Å². The molecule has 0 saturated heterocycles. The minimum atomic E-state index is -4.09. The topological polar surface area (TPSA) is 105 Å². The molecule has 0 aliphatic rings. The molecule has 0 aliphatic heterocycles. The maximum atomic E-state index is 13.2. The number of benzene rings is 2. The number of H-pyrrole nitrogens is 1.